The molecule has 0 radical (unpaired) electrons. The van der Waals surface area contributed by atoms with Gasteiger partial charge in [0.25, 0.3) is 5.91 Å². The van der Waals surface area contributed by atoms with Crippen LogP contribution in [0.5, 0.6) is 0 Å². The van der Waals surface area contributed by atoms with Crippen molar-refractivity contribution in [3.8, 4) is 0 Å². The van der Waals surface area contributed by atoms with Crippen LogP contribution in [0.3, 0.4) is 0 Å². The minimum absolute atomic E-state index is 0.106. The van der Waals surface area contributed by atoms with Gasteiger partial charge in [-0.05, 0) is 49.8 Å². The molecule has 3 aromatic rings. The van der Waals surface area contributed by atoms with Crippen LogP contribution >= 0.6 is 11.3 Å². The maximum Gasteiger partial charge on any atom is 0.253 e. The minimum atomic E-state index is 0.106. The normalized spacial score (nSPS) is 20.6. The summed E-state index contributed by atoms with van der Waals surface area (Å²) in [5.74, 6) is 2.58. The SMILES string of the molecule is O=C(c1ccc2ncsc2c1)N1CCC[C@@H](Cc2nc(C3CC3)no2)C1. The largest absolute Gasteiger partial charge is 0.339 e. The number of hydrogen-bond acceptors (Lipinski definition) is 6. The molecule has 2 aliphatic rings. The third-order valence-corrected chi connectivity index (χ3v) is 6.07. The predicted octanol–water partition coefficient (Wildman–Crippen LogP) is 3.65. The molecule has 1 aliphatic carbocycles. The van der Waals surface area contributed by atoms with Gasteiger partial charge in [-0.15, -0.1) is 11.3 Å². The number of amides is 1. The van der Waals surface area contributed by atoms with Crippen molar-refractivity contribution < 1.29 is 9.32 Å². The van der Waals surface area contributed by atoms with E-state index in [9.17, 15) is 4.79 Å². The first-order chi connectivity index (χ1) is 12.8. The maximum absolute atomic E-state index is 12.9. The van der Waals surface area contributed by atoms with Gasteiger partial charge in [-0.2, -0.15) is 4.98 Å². The zero-order chi connectivity index (χ0) is 17.5. The third kappa shape index (κ3) is 3.11. The Bertz CT molecular complexity index is 946. The summed E-state index contributed by atoms with van der Waals surface area (Å²) in [6.45, 7) is 1.56. The smallest absolute Gasteiger partial charge is 0.253 e. The van der Waals surface area contributed by atoms with E-state index < -0.39 is 0 Å². The number of fused-ring (bicyclic) bond motifs is 1. The quantitative estimate of drug-likeness (QED) is 0.703. The Morgan fingerprint density at radius 1 is 1.31 bits per heavy atom. The molecule has 0 spiro atoms. The summed E-state index contributed by atoms with van der Waals surface area (Å²) in [4.78, 5) is 23.7. The lowest BCUT2D eigenvalue weighted by atomic mass is 9.94. The van der Waals surface area contributed by atoms with Gasteiger partial charge < -0.3 is 9.42 Å². The molecule has 26 heavy (non-hydrogen) atoms. The van der Waals surface area contributed by atoms with Crippen LogP contribution in [0.4, 0.5) is 0 Å². The van der Waals surface area contributed by atoms with Crippen LogP contribution in [-0.2, 0) is 6.42 Å². The monoisotopic (exact) mass is 368 g/mol. The van der Waals surface area contributed by atoms with E-state index in [0.29, 0.717) is 11.8 Å². The molecule has 3 heterocycles. The number of thiazole rings is 1. The fourth-order valence-electron chi connectivity index (χ4n) is 3.69. The fraction of sp³-hybridized carbons (Fsp3) is 0.474. The summed E-state index contributed by atoms with van der Waals surface area (Å²) >= 11 is 1.57. The first-order valence-electron chi connectivity index (χ1n) is 9.21. The molecular formula is C19H20N4O2S. The molecule has 0 unspecified atom stereocenters. The molecule has 2 aromatic heterocycles. The van der Waals surface area contributed by atoms with Crippen LogP contribution in [-0.4, -0.2) is 39.0 Å². The molecule has 0 N–H and O–H groups in total. The Kier molecular flexibility index (Phi) is 3.96. The summed E-state index contributed by atoms with van der Waals surface area (Å²) < 4.78 is 6.48. The first kappa shape index (κ1) is 15.9. The van der Waals surface area contributed by atoms with E-state index in [4.69, 9.17) is 4.52 Å². The van der Waals surface area contributed by atoms with Crippen LogP contribution in [0.1, 0.15) is 53.7 Å². The van der Waals surface area contributed by atoms with Crippen LogP contribution < -0.4 is 0 Å². The average Bonchev–Trinajstić information content (AvgIpc) is 3.23. The van der Waals surface area contributed by atoms with Crippen molar-refractivity contribution >= 4 is 27.5 Å². The highest BCUT2D eigenvalue weighted by Gasteiger charge is 2.30. The van der Waals surface area contributed by atoms with E-state index in [2.05, 4.69) is 15.1 Å². The Morgan fingerprint density at radius 3 is 3.12 bits per heavy atom. The van der Waals surface area contributed by atoms with Gasteiger partial charge in [0.15, 0.2) is 5.82 Å². The number of aromatic nitrogens is 3. The second-order valence-corrected chi connectivity index (χ2v) is 8.21. The van der Waals surface area contributed by atoms with Gasteiger partial charge in [0, 0.05) is 31.0 Å². The fourth-order valence-corrected chi connectivity index (χ4v) is 4.41. The summed E-state index contributed by atoms with van der Waals surface area (Å²) in [5.41, 5.74) is 3.51. The number of nitrogens with zero attached hydrogens (tertiary/aromatic N) is 4. The molecule has 5 rings (SSSR count). The molecule has 7 heteroatoms. The van der Waals surface area contributed by atoms with Gasteiger partial charge in [0.1, 0.15) is 0 Å². The molecule has 1 saturated heterocycles. The highest BCUT2D eigenvalue weighted by atomic mass is 32.1. The minimum Gasteiger partial charge on any atom is -0.339 e. The van der Waals surface area contributed by atoms with Crippen molar-refractivity contribution in [2.75, 3.05) is 13.1 Å². The van der Waals surface area contributed by atoms with Crippen LogP contribution in [0.2, 0.25) is 0 Å². The molecule has 1 aliphatic heterocycles. The lowest BCUT2D eigenvalue weighted by Gasteiger charge is -2.32. The summed E-state index contributed by atoms with van der Waals surface area (Å²) in [5, 5.41) is 4.10. The van der Waals surface area contributed by atoms with Crippen molar-refractivity contribution in [1.82, 2.24) is 20.0 Å². The maximum atomic E-state index is 12.9. The first-order valence-corrected chi connectivity index (χ1v) is 10.1. The van der Waals surface area contributed by atoms with Gasteiger partial charge in [-0.1, -0.05) is 5.16 Å². The van der Waals surface area contributed by atoms with E-state index in [1.807, 2.05) is 28.6 Å². The zero-order valence-corrected chi connectivity index (χ0v) is 15.2. The highest BCUT2D eigenvalue weighted by Crippen LogP contribution is 2.38. The molecule has 1 amide bonds. The summed E-state index contributed by atoms with van der Waals surface area (Å²) in [6.07, 6.45) is 5.22. The van der Waals surface area contributed by atoms with Crippen LogP contribution in [0, 0.1) is 5.92 Å². The van der Waals surface area contributed by atoms with Gasteiger partial charge in [-0.25, -0.2) is 4.98 Å². The Balaban J connectivity index is 1.27. The molecular weight excluding hydrogens is 348 g/mol. The number of likely N-dealkylation sites (tertiary alicyclic amines) is 1. The predicted molar refractivity (Wildman–Crippen MR) is 98.2 cm³/mol. The van der Waals surface area contributed by atoms with E-state index in [-0.39, 0.29) is 5.91 Å². The van der Waals surface area contributed by atoms with Crippen molar-refractivity contribution in [2.24, 2.45) is 5.92 Å². The number of carbonyl (C=O) groups excluding carboxylic acids is 1. The molecule has 1 atom stereocenters. The highest BCUT2D eigenvalue weighted by molar-refractivity contribution is 7.16. The van der Waals surface area contributed by atoms with E-state index >= 15 is 0 Å². The van der Waals surface area contributed by atoms with Crippen molar-refractivity contribution in [2.45, 2.75) is 38.0 Å². The number of piperidine rings is 1. The number of benzene rings is 1. The molecule has 0 bridgehead atoms. The van der Waals surface area contributed by atoms with Gasteiger partial charge in [-0.3, -0.25) is 4.79 Å². The van der Waals surface area contributed by atoms with Crippen molar-refractivity contribution in [1.29, 1.82) is 0 Å². The van der Waals surface area contributed by atoms with Crippen molar-refractivity contribution in [3.63, 3.8) is 0 Å². The summed E-state index contributed by atoms with van der Waals surface area (Å²) in [7, 11) is 0. The molecule has 2 fully saturated rings. The van der Waals surface area contributed by atoms with Crippen LogP contribution in [0.25, 0.3) is 10.2 Å². The van der Waals surface area contributed by atoms with Crippen molar-refractivity contribution in [3.05, 3.63) is 41.0 Å². The lowest BCUT2D eigenvalue weighted by molar-refractivity contribution is 0.0668. The van der Waals surface area contributed by atoms with Gasteiger partial charge in [0.05, 0.1) is 15.7 Å². The topological polar surface area (TPSA) is 72.1 Å². The van der Waals surface area contributed by atoms with Gasteiger partial charge >= 0.3 is 0 Å². The molecule has 1 aromatic carbocycles. The van der Waals surface area contributed by atoms with E-state index in [1.54, 1.807) is 11.3 Å². The Hall–Kier alpha value is -2.28. The van der Waals surface area contributed by atoms with E-state index in [0.717, 1.165) is 59.8 Å². The Labute approximate surface area is 155 Å². The number of hydrogen-bond donors (Lipinski definition) is 0. The lowest BCUT2D eigenvalue weighted by Crippen LogP contribution is -2.40. The second-order valence-electron chi connectivity index (χ2n) is 7.32. The molecule has 6 nitrogen and oxygen atoms in total. The third-order valence-electron chi connectivity index (χ3n) is 5.27. The average molecular weight is 368 g/mol. The standard InChI is InChI=1S/C19H20N4O2S/c24-19(14-5-6-15-16(9-14)26-11-20-15)23-7-1-2-12(10-23)8-17-21-18(22-25-17)13-3-4-13/h5-6,9,11-13H,1-4,7-8,10H2/t12-/m0/s1. The van der Waals surface area contributed by atoms with E-state index in [1.165, 1.54) is 12.8 Å². The second kappa shape index (κ2) is 6.46. The van der Waals surface area contributed by atoms with Crippen LogP contribution in [0.15, 0.2) is 28.2 Å². The molecule has 1 saturated carbocycles. The molecule has 134 valence electrons. The Morgan fingerprint density at radius 2 is 2.23 bits per heavy atom. The van der Waals surface area contributed by atoms with Gasteiger partial charge in [0.2, 0.25) is 5.89 Å². The summed E-state index contributed by atoms with van der Waals surface area (Å²) in [6, 6.07) is 5.77. The number of carbonyl (C=O) groups is 1. The zero-order valence-electron chi connectivity index (χ0n) is 14.4. The number of rotatable bonds is 4.